The van der Waals surface area contributed by atoms with Crippen LogP contribution in [-0.4, -0.2) is 22.2 Å². The summed E-state index contributed by atoms with van der Waals surface area (Å²) in [7, 11) is 0. The average Bonchev–Trinajstić information content (AvgIpc) is 2.03. The van der Waals surface area contributed by atoms with Gasteiger partial charge in [0.15, 0.2) is 0 Å². The van der Waals surface area contributed by atoms with Gasteiger partial charge in [0.2, 0.25) is 0 Å². The van der Waals surface area contributed by atoms with Crippen molar-refractivity contribution in [3.8, 4) is 0 Å². The molecule has 14 heavy (non-hydrogen) atoms. The number of carbonyl (C=O) groups excluding carboxylic acids is 1. The molecule has 0 unspecified atom stereocenters. The zero-order chi connectivity index (χ0) is 11.2. The standard InChI is InChI=1S/C10H18O4/c1-4-5-6-7-10(12,13)14-9(11)8(2)3/h12-13H,2,4-7H2,1,3H3. The van der Waals surface area contributed by atoms with Gasteiger partial charge in [-0.2, -0.15) is 0 Å². The van der Waals surface area contributed by atoms with Crippen molar-refractivity contribution in [2.45, 2.75) is 45.5 Å². The van der Waals surface area contributed by atoms with Gasteiger partial charge in [-0.3, -0.25) is 0 Å². The fraction of sp³-hybridized carbons (Fsp3) is 0.700. The van der Waals surface area contributed by atoms with E-state index in [0.29, 0.717) is 6.42 Å². The van der Waals surface area contributed by atoms with E-state index in [-0.39, 0.29) is 12.0 Å². The van der Waals surface area contributed by atoms with Crippen LogP contribution >= 0.6 is 0 Å². The lowest BCUT2D eigenvalue weighted by Gasteiger charge is -2.21. The number of aliphatic hydroxyl groups is 2. The van der Waals surface area contributed by atoms with Crippen molar-refractivity contribution in [3.05, 3.63) is 12.2 Å². The number of unbranched alkanes of at least 4 members (excludes halogenated alkanes) is 2. The first-order valence-corrected chi connectivity index (χ1v) is 4.72. The zero-order valence-corrected chi connectivity index (χ0v) is 8.75. The first-order valence-electron chi connectivity index (χ1n) is 4.72. The molecule has 0 bridgehead atoms. The van der Waals surface area contributed by atoms with Crippen molar-refractivity contribution < 1.29 is 19.7 Å². The number of hydrogen-bond acceptors (Lipinski definition) is 4. The van der Waals surface area contributed by atoms with E-state index < -0.39 is 11.9 Å². The van der Waals surface area contributed by atoms with Crippen molar-refractivity contribution in [3.63, 3.8) is 0 Å². The number of carbonyl (C=O) groups is 1. The second-order valence-corrected chi connectivity index (χ2v) is 3.37. The molecule has 0 amide bonds. The van der Waals surface area contributed by atoms with Crippen molar-refractivity contribution in [1.82, 2.24) is 0 Å². The van der Waals surface area contributed by atoms with Gasteiger partial charge in [0, 0.05) is 12.0 Å². The Morgan fingerprint density at radius 1 is 1.43 bits per heavy atom. The summed E-state index contributed by atoms with van der Waals surface area (Å²) in [5.74, 6) is -3.14. The normalized spacial score (nSPS) is 11.1. The molecular weight excluding hydrogens is 184 g/mol. The third kappa shape index (κ3) is 5.72. The molecule has 0 saturated carbocycles. The molecule has 0 fully saturated rings. The highest BCUT2D eigenvalue weighted by atomic mass is 16.8. The first-order chi connectivity index (χ1) is 6.39. The Morgan fingerprint density at radius 2 is 2.00 bits per heavy atom. The van der Waals surface area contributed by atoms with Crippen LogP contribution in [0.3, 0.4) is 0 Å². The molecule has 0 radical (unpaired) electrons. The molecule has 0 rings (SSSR count). The summed E-state index contributed by atoms with van der Waals surface area (Å²) >= 11 is 0. The quantitative estimate of drug-likeness (QED) is 0.295. The molecule has 4 heteroatoms. The van der Waals surface area contributed by atoms with Gasteiger partial charge in [-0.1, -0.05) is 26.3 Å². The van der Waals surface area contributed by atoms with Gasteiger partial charge < -0.3 is 14.9 Å². The van der Waals surface area contributed by atoms with E-state index in [0.717, 1.165) is 12.8 Å². The second kappa shape index (κ2) is 5.78. The molecule has 0 aromatic rings. The largest absolute Gasteiger partial charge is 0.405 e. The highest BCUT2D eigenvalue weighted by molar-refractivity contribution is 5.87. The summed E-state index contributed by atoms with van der Waals surface area (Å²) in [5, 5.41) is 18.5. The number of esters is 1. The summed E-state index contributed by atoms with van der Waals surface area (Å²) in [6, 6.07) is 0. The van der Waals surface area contributed by atoms with Crippen molar-refractivity contribution in [2.75, 3.05) is 0 Å². The van der Waals surface area contributed by atoms with Gasteiger partial charge in [0.1, 0.15) is 0 Å². The van der Waals surface area contributed by atoms with Crippen LogP contribution in [0.2, 0.25) is 0 Å². The molecule has 0 aliphatic rings. The van der Waals surface area contributed by atoms with Gasteiger partial charge in [-0.05, 0) is 13.3 Å². The monoisotopic (exact) mass is 202 g/mol. The smallest absolute Gasteiger partial charge is 0.337 e. The summed E-state index contributed by atoms with van der Waals surface area (Å²) in [6.07, 6.45) is 2.46. The second-order valence-electron chi connectivity index (χ2n) is 3.37. The predicted octanol–water partition coefficient (Wildman–Crippen LogP) is 1.32. The number of hydrogen-bond donors (Lipinski definition) is 2. The molecular formula is C10H18O4. The van der Waals surface area contributed by atoms with Crippen LogP contribution in [0.5, 0.6) is 0 Å². The van der Waals surface area contributed by atoms with Crippen molar-refractivity contribution in [2.24, 2.45) is 0 Å². The van der Waals surface area contributed by atoms with E-state index >= 15 is 0 Å². The minimum absolute atomic E-state index is 0.0276. The van der Waals surface area contributed by atoms with Crippen LogP contribution in [0, 0.1) is 0 Å². The fourth-order valence-electron chi connectivity index (χ4n) is 0.892. The molecule has 0 heterocycles. The number of ether oxygens (including phenoxy) is 1. The molecule has 2 N–H and O–H groups in total. The van der Waals surface area contributed by atoms with Crippen LogP contribution in [-0.2, 0) is 9.53 Å². The third-order valence-corrected chi connectivity index (χ3v) is 1.71. The van der Waals surface area contributed by atoms with E-state index in [1.165, 1.54) is 6.92 Å². The molecule has 0 spiro atoms. The molecule has 82 valence electrons. The van der Waals surface area contributed by atoms with Crippen LogP contribution in [0.25, 0.3) is 0 Å². The lowest BCUT2D eigenvalue weighted by molar-refractivity contribution is -0.320. The van der Waals surface area contributed by atoms with Gasteiger partial charge in [-0.15, -0.1) is 0 Å². The lowest BCUT2D eigenvalue weighted by Crippen LogP contribution is -2.34. The highest BCUT2D eigenvalue weighted by Gasteiger charge is 2.27. The Bertz CT molecular complexity index is 208. The van der Waals surface area contributed by atoms with E-state index in [2.05, 4.69) is 11.3 Å². The molecule has 0 aliphatic carbocycles. The topological polar surface area (TPSA) is 66.8 Å². The highest BCUT2D eigenvalue weighted by Crippen LogP contribution is 2.14. The third-order valence-electron chi connectivity index (χ3n) is 1.71. The van der Waals surface area contributed by atoms with Crippen LogP contribution < -0.4 is 0 Å². The molecule has 0 aromatic carbocycles. The lowest BCUT2D eigenvalue weighted by atomic mass is 10.2. The molecule has 0 aliphatic heterocycles. The van der Waals surface area contributed by atoms with Gasteiger partial charge >= 0.3 is 11.9 Å². The van der Waals surface area contributed by atoms with E-state index in [4.69, 9.17) is 0 Å². The first kappa shape index (κ1) is 13.1. The van der Waals surface area contributed by atoms with Gasteiger partial charge in [0.25, 0.3) is 0 Å². The Kier molecular flexibility index (Phi) is 5.42. The predicted molar refractivity (Wildman–Crippen MR) is 52.2 cm³/mol. The minimum atomic E-state index is -2.36. The van der Waals surface area contributed by atoms with Gasteiger partial charge in [0.05, 0.1) is 0 Å². The Hall–Kier alpha value is -0.870. The SMILES string of the molecule is C=C(C)C(=O)OC(O)(O)CCCCC. The zero-order valence-electron chi connectivity index (χ0n) is 8.75. The Balaban J connectivity index is 3.93. The van der Waals surface area contributed by atoms with Crippen LogP contribution in [0.1, 0.15) is 39.5 Å². The fourth-order valence-corrected chi connectivity index (χ4v) is 0.892. The summed E-state index contributed by atoms with van der Waals surface area (Å²) in [4.78, 5) is 10.9. The molecule has 0 saturated heterocycles. The summed E-state index contributed by atoms with van der Waals surface area (Å²) < 4.78 is 4.42. The maximum Gasteiger partial charge on any atom is 0.337 e. The van der Waals surface area contributed by atoms with E-state index in [1.807, 2.05) is 6.92 Å². The average molecular weight is 202 g/mol. The number of rotatable bonds is 6. The van der Waals surface area contributed by atoms with Gasteiger partial charge in [-0.25, -0.2) is 4.79 Å². The summed E-state index contributed by atoms with van der Waals surface area (Å²) in [5.41, 5.74) is 0.146. The van der Waals surface area contributed by atoms with E-state index in [9.17, 15) is 15.0 Å². The minimum Gasteiger partial charge on any atom is -0.405 e. The van der Waals surface area contributed by atoms with Crippen molar-refractivity contribution >= 4 is 5.97 Å². The molecule has 0 aromatic heterocycles. The maximum atomic E-state index is 10.9. The Morgan fingerprint density at radius 3 is 2.43 bits per heavy atom. The maximum absolute atomic E-state index is 10.9. The van der Waals surface area contributed by atoms with Crippen LogP contribution in [0.15, 0.2) is 12.2 Å². The molecule has 0 atom stereocenters. The Labute approximate surface area is 84.2 Å². The van der Waals surface area contributed by atoms with E-state index in [1.54, 1.807) is 0 Å². The van der Waals surface area contributed by atoms with Crippen molar-refractivity contribution in [1.29, 1.82) is 0 Å². The summed E-state index contributed by atoms with van der Waals surface area (Å²) in [6.45, 7) is 6.78. The molecule has 4 nitrogen and oxygen atoms in total. The van der Waals surface area contributed by atoms with Crippen LogP contribution in [0.4, 0.5) is 0 Å².